The van der Waals surface area contributed by atoms with Crippen molar-refractivity contribution in [3.63, 3.8) is 0 Å². The van der Waals surface area contributed by atoms with Gasteiger partial charge in [0.2, 0.25) is 0 Å². The molecule has 2 atom stereocenters. The zero-order valence-corrected chi connectivity index (χ0v) is 20.0. The maximum Gasteiger partial charge on any atom is 0.164 e. The molecule has 1 aliphatic rings. The minimum atomic E-state index is -1.52. The number of benzene rings is 4. The van der Waals surface area contributed by atoms with Crippen LogP contribution in [0.3, 0.4) is 0 Å². The van der Waals surface area contributed by atoms with E-state index in [1.165, 1.54) is 0 Å². The summed E-state index contributed by atoms with van der Waals surface area (Å²) < 4.78 is 13.2. The van der Waals surface area contributed by atoms with Gasteiger partial charge >= 0.3 is 0 Å². The normalized spacial score (nSPS) is 20.0. The molecule has 0 saturated carbocycles. The van der Waals surface area contributed by atoms with Crippen molar-refractivity contribution in [1.82, 2.24) is 0 Å². The molecule has 1 saturated heterocycles. The molecule has 4 heteroatoms. The Morgan fingerprint density at radius 1 is 0.571 bits per heavy atom. The van der Waals surface area contributed by atoms with Gasteiger partial charge in [0, 0.05) is 0 Å². The van der Waals surface area contributed by atoms with Crippen molar-refractivity contribution in [3.05, 3.63) is 144 Å². The minimum absolute atomic E-state index is 0.714. The summed E-state index contributed by atoms with van der Waals surface area (Å²) in [4.78, 5) is 0. The molecule has 0 bridgehead atoms. The summed E-state index contributed by atoms with van der Waals surface area (Å²) in [6, 6.07) is 39.0. The van der Waals surface area contributed by atoms with E-state index in [9.17, 15) is 5.11 Å². The summed E-state index contributed by atoms with van der Waals surface area (Å²) >= 11 is 0. The van der Waals surface area contributed by atoms with Crippen molar-refractivity contribution < 1.29 is 14.6 Å². The van der Waals surface area contributed by atoms with Crippen molar-refractivity contribution in [2.75, 3.05) is 0 Å². The van der Waals surface area contributed by atoms with Crippen LogP contribution in [-0.2, 0) is 20.6 Å². The Kier molecular flexibility index (Phi) is 6.07. The van der Waals surface area contributed by atoms with Gasteiger partial charge in [-0.1, -0.05) is 121 Å². The highest BCUT2D eigenvalue weighted by Crippen LogP contribution is 2.49. The Hall–Kier alpha value is -3.28. The van der Waals surface area contributed by atoms with Crippen LogP contribution in [0.5, 0.6) is 0 Å². The van der Waals surface area contributed by atoms with E-state index in [0.29, 0.717) is 11.1 Å². The minimum Gasteiger partial charge on any atom is -0.378 e. The molecule has 0 amide bonds. The topological polar surface area (TPSA) is 64.7 Å². The molecule has 0 aromatic heterocycles. The molecule has 4 aromatic rings. The van der Waals surface area contributed by atoms with Crippen molar-refractivity contribution >= 4 is 0 Å². The van der Waals surface area contributed by atoms with Crippen molar-refractivity contribution in [1.29, 1.82) is 0 Å². The Bertz CT molecular complexity index is 1070. The van der Waals surface area contributed by atoms with Gasteiger partial charge in [-0.05, 0) is 36.1 Å². The molecule has 0 spiro atoms. The van der Waals surface area contributed by atoms with Gasteiger partial charge in [-0.25, -0.2) is 0 Å². The van der Waals surface area contributed by atoms with Crippen LogP contribution in [0.25, 0.3) is 0 Å². The maximum atomic E-state index is 12.7. The van der Waals surface area contributed by atoms with Crippen LogP contribution in [0.1, 0.15) is 36.1 Å². The second kappa shape index (κ2) is 9.06. The molecule has 0 radical (unpaired) electrons. The van der Waals surface area contributed by atoms with E-state index in [2.05, 4.69) is 0 Å². The van der Waals surface area contributed by atoms with Gasteiger partial charge in [-0.15, -0.1) is 0 Å². The van der Waals surface area contributed by atoms with Gasteiger partial charge in [-0.3, -0.25) is 0 Å². The van der Waals surface area contributed by atoms with E-state index in [4.69, 9.17) is 15.2 Å². The Balaban J connectivity index is 1.76. The molecule has 3 N–H and O–H groups in total. The molecule has 178 valence electrons. The molecule has 35 heavy (non-hydrogen) atoms. The number of rotatable bonds is 6. The molecule has 0 aliphatic carbocycles. The summed E-state index contributed by atoms with van der Waals surface area (Å²) in [7, 11) is 0. The zero-order chi connectivity index (χ0) is 24.5. The van der Waals surface area contributed by atoms with Crippen LogP contribution in [-0.4, -0.2) is 23.1 Å². The van der Waals surface area contributed by atoms with Crippen LogP contribution in [0.15, 0.2) is 121 Å². The summed E-state index contributed by atoms with van der Waals surface area (Å²) in [5, 5.41) is 12.7. The van der Waals surface area contributed by atoms with Crippen molar-refractivity contribution in [2.45, 2.75) is 43.0 Å². The van der Waals surface area contributed by atoms with Gasteiger partial charge in [0.15, 0.2) is 5.79 Å². The van der Waals surface area contributed by atoms with Gasteiger partial charge in [-0.2, -0.15) is 0 Å². The monoisotopic (exact) mass is 465 g/mol. The quantitative estimate of drug-likeness (QED) is 0.403. The number of hydrogen-bond acceptors (Lipinski definition) is 4. The predicted octanol–water partition coefficient (Wildman–Crippen LogP) is 5.35. The van der Waals surface area contributed by atoms with Crippen LogP contribution in [0.2, 0.25) is 0 Å². The first-order valence-electron chi connectivity index (χ1n) is 11.9. The van der Waals surface area contributed by atoms with E-state index in [1.807, 2.05) is 135 Å². The highest BCUT2D eigenvalue weighted by atomic mass is 16.8. The summed E-state index contributed by atoms with van der Waals surface area (Å²) in [5.41, 5.74) is 7.97. The summed E-state index contributed by atoms with van der Waals surface area (Å²) in [6.45, 7) is 3.74. The smallest absolute Gasteiger partial charge is 0.164 e. The lowest BCUT2D eigenvalue weighted by Crippen LogP contribution is -2.58. The Morgan fingerprint density at radius 3 is 1.26 bits per heavy atom. The van der Waals surface area contributed by atoms with E-state index in [-0.39, 0.29) is 0 Å². The lowest BCUT2D eigenvalue weighted by atomic mass is 9.70. The second-order valence-corrected chi connectivity index (χ2v) is 9.58. The van der Waals surface area contributed by atoms with Gasteiger partial charge in [0.25, 0.3) is 0 Å². The van der Waals surface area contributed by atoms with Gasteiger partial charge < -0.3 is 20.3 Å². The fourth-order valence-corrected chi connectivity index (χ4v) is 5.20. The highest BCUT2D eigenvalue weighted by Gasteiger charge is 2.60. The summed E-state index contributed by atoms with van der Waals surface area (Å²) in [5.74, 6) is -0.971. The fraction of sp³-hybridized carbons (Fsp3) is 0.226. The second-order valence-electron chi connectivity index (χ2n) is 9.58. The van der Waals surface area contributed by atoms with E-state index >= 15 is 0 Å². The largest absolute Gasteiger partial charge is 0.378 e. The SMILES string of the molecule is CC1(C)OC(C(N)(c2ccccc2)c2ccccc2)C(C(O)(c2ccccc2)c2ccccc2)O1. The van der Waals surface area contributed by atoms with Crippen molar-refractivity contribution in [3.8, 4) is 0 Å². The zero-order valence-electron chi connectivity index (χ0n) is 20.0. The average Bonchev–Trinajstić information content (AvgIpc) is 3.26. The number of ether oxygens (including phenoxy) is 2. The lowest BCUT2D eigenvalue weighted by molar-refractivity contribution is -0.167. The Morgan fingerprint density at radius 2 is 0.886 bits per heavy atom. The van der Waals surface area contributed by atoms with Gasteiger partial charge in [0.1, 0.15) is 17.8 Å². The van der Waals surface area contributed by atoms with E-state index in [0.717, 1.165) is 11.1 Å². The number of hydrogen-bond donors (Lipinski definition) is 2. The average molecular weight is 466 g/mol. The molecule has 1 aliphatic heterocycles. The number of aliphatic hydroxyl groups is 1. The first-order valence-corrected chi connectivity index (χ1v) is 11.9. The summed E-state index contributed by atoms with van der Waals surface area (Å²) in [6.07, 6.45) is -1.53. The standard InChI is InChI=1S/C31H31NO3/c1-29(2)34-27(30(32,23-15-7-3-8-16-23)24-17-9-4-10-18-24)28(35-29)31(33,25-19-11-5-12-20-25)26-21-13-6-14-22-26/h3-22,27-28,33H,32H2,1-2H3. The molecular weight excluding hydrogens is 434 g/mol. The molecular formula is C31H31NO3. The first-order chi connectivity index (χ1) is 16.9. The van der Waals surface area contributed by atoms with Crippen LogP contribution in [0, 0.1) is 0 Å². The third-order valence-electron chi connectivity index (χ3n) is 6.89. The predicted molar refractivity (Wildman–Crippen MR) is 138 cm³/mol. The highest BCUT2D eigenvalue weighted by molar-refractivity contribution is 5.44. The Labute approximate surface area is 207 Å². The molecule has 1 fully saturated rings. The third kappa shape index (κ3) is 4.09. The van der Waals surface area contributed by atoms with Gasteiger partial charge in [0.05, 0.1) is 5.54 Å². The van der Waals surface area contributed by atoms with Crippen molar-refractivity contribution in [2.24, 2.45) is 5.73 Å². The molecule has 2 unspecified atom stereocenters. The van der Waals surface area contributed by atoms with Crippen LogP contribution < -0.4 is 5.73 Å². The number of nitrogens with two attached hydrogens (primary N) is 1. The molecule has 4 nitrogen and oxygen atoms in total. The molecule has 1 heterocycles. The molecule has 4 aromatic carbocycles. The first kappa shape index (κ1) is 23.5. The van der Waals surface area contributed by atoms with E-state index < -0.39 is 29.1 Å². The lowest BCUT2D eigenvalue weighted by Gasteiger charge is -2.43. The van der Waals surface area contributed by atoms with E-state index in [1.54, 1.807) is 0 Å². The maximum absolute atomic E-state index is 12.7. The van der Waals surface area contributed by atoms with Crippen LogP contribution >= 0.6 is 0 Å². The fourth-order valence-electron chi connectivity index (χ4n) is 5.20. The molecule has 5 rings (SSSR count). The van der Waals surface area contributed by atoms with Crippen LogP contribution in [0.4, 0.5) is 0 Å². The third-order valence-corrected chi connectivity index (χ3v) is 6.89.